The van der Waals surface area contributed by atoms with Gasteiger partial charge >= 0.3 is 0 Å². The van der Waals surface area contributed by atoms with Gasteiger partial charge in [0.05, 0.1) is 0 Å². The van der Waals surface area contributed by atoms with Gasteiger partial charge in [0.2, 0.25) is 0 Å². The maximum Gasteiger partial charge on any atom is -0.0533 e. The topological polar surface area (TPSA) is 0 Å². The van der Waals surface area contributed by atoms with Gasteiger partial charge in [-0.25, -0.2) is 0 Å². The number of unbranched alkanes of at least 4 members (excludes halogenated alkanes) is 1. The Labute approximate surface area is 72.4 Å². The van der Waals surface area contributed by atoms with E-state index in [2.05, 4.69) is 13.8 Å². The Hall–Kier alpha value is 0. The highest BCUT2D eigenvalue weighted by Gasteiger charge is 1.95. The minimum absolute atomic E-state index is 1.32. The van der Waals surface area contributed by atoms with Crippen molar-refractivity contribution in [2.45, 2.75) is 71.6 Å². The van der Waals surface area contributed by atoms with Gasteiger partial charge < -0.3 is 0 Å². The molecule has 0 aromatic rings. The van der Waals surface area contributed by atoms with Crippen molar-refractivity contribution < 1.29 is 0 Å². The lowest BCUT2D eigenvalue weighted by molar-refractivity contribution is 0.702. The summed E-state index contributed by atoms with van der Waals surface area (Å²) >= 11 is 0. The maximum atomic E-state index is 2.18. The summed E-state index contributed by atoms with van der Waals surface area (Å²) in [6.07, 6.45) is 13.1. The minimum atomic E-state index is 1.32. The Bertz CT molecular complexity index is 35.4. The van der Waals surface area contributed by atoms with Crippen LogP contribution in [0.5, 0.6) is 0 Å². The van der Waals surface area contributed by atoms with Crippen LogP contribution < -0.4 is 0 Å². The first-order valence-electron chi connectivity index (χ1n) is 5.41. The summed E-state index contributed by atoms with van der Waals surface area (Å²) in [4.78, 5) is 0. The molecule has 0 aromatic heterocycles. The van der Waals surface area contributed by atoms with Crippen molar-refractivity contribution in [1.29, 1.82) is 0 Å². The van der Waals surface area contributed by atoms with Crippen LogP contribution >= 0.6 is 0 Å². The van der Waals surface area contributed by atoms with Gasteiger partial charge in [-0.1, -0.05) is 71.6 Å². The van der Waals surface area contributed by atoms with Gasteiger partial charge in [0.1, 0.15) is 0 Å². The number of hydrogen-bond donors (Lipinski definition) is 0. The zero-order valence-electron chi connectivity index (χ0n) is 8.36. The molecule has 1 saturated carbocycles. The summed E-state index contributed by atoms with van der Waals surface area (Å²) in [6, 6.07) is 0. The summed E-state index contributed by atoms with van der Waals surface area (Å²) in [7, 11) is 0. The van der Waals surface area contributed by atoms with E-state index in [0.29, 0.717) is 0 Å². The molecule has 1 rings (SSSR count). The van der Waals surface area contributed by atoms with Crippen molar-refractivity contribution in [3.8, 4) is 0 Å². The van der Waals surface area contributed by atoms with E-state index in [1.807, 2.05) is 0 Å². The molecule has 0 N–H and O–H groups in total. The smallest absolute Gasteiger partial charge is 0.0533 e. The number of hydrogen-bond acceptors (Lipinski definition) is 0. The molecule has 0 spiro atoms. The molecule has 68 valence electrons. The molecule has 0 unspecified atom stereocenters. The summed E-state index contributed by atoms with van der Waals surface area (Å²) in [5, 5.41) is 0. The lowest BCUT2D eigenvalue weighted by Crippen LogP contribution is -1.66. The Morgan fingerprint density at radius 3 is 0.818 bits per heavy atom. The lowest BCUT2D eigenvalue weighted by Gasteiger charge is -1.85. The van der Waals surface area contributed by atoms with E-state index in [0.717, 1.165) is 0 Å². The van der Waals surface area contributed by atoms with Crippen molar-refractivity contribution in [2.24, 2.45) is 0 Å². The van der Waals surface area contributed by atoms with Crippen LogP contribution in [0.2, 0.25) is 0 Å². The van der Waals surface area contributed by atoms with Crippen LogP contribution in [0.1, 0.15) is 71.6 Å². The fourth-order valence-electron chi connectivity index (χ4n) is 1.24. The molecule has 1 fully saturated rings. The van der Waals surface area contributed by atoms with E-state index in [1.54, 1.807) is 0 Å². The van der Waals surface area contributed by atoms with Gasteiger partial charge in [0.25, 0.3) is 0 Å². The molecule has 1 aliphatic rings. The molecular weight excluding hydrogens is 132 g/mol. The zero-order valence-corrected chi connectivity index (χ0v) is 8.36. The molecule has 0 aliphatic heterocycles. The first-order valence-corrected chi connectivity index (χ1v) is 5.41. The van der Waals surface area contributed by atoms with Gasteiger partial charge in [-0.05, 0) is 0 Å². The molecule has 0 amide bonds. The second-order valence-corrected chi connectivity index (χ2v) is 3.47. The predicted molar refractivity (Wildman–Crippen MR) is 52.9 cm³/mol. The summed E-state index contributed by atoms with van der Waals surface area (Å²) < 4.78 is 0. The molecule has 1 aliphatic carbocycles. The van der Waals surface area contributed by atoms with E-state index < -0.39 is 0 Å². The number of rotatable bonds is 1. The molecule has 0 bridgehead atoms. The highest BCUT2D eigenvalue weighted by atomic mass is 14.0. The maximum absolute atomic E-state index is 2.18. The quantitative estimate of drug-likeness (QED) is 0.489. The van der Waals surface area contributed by atoms with Crippen LogP contribution in [0, 0.1) is 0 Å². The fourth-order valence-corrected chi connectivity index (χ4v) is 1.24. The zero-order chi connectivity index (χ0) is 8.36. The highest BCUT2D eigenvalue weighted by Crippen LogP contribution is 2.15. The van der Waals surface area contributed by atoms with Gasteiger partial charge in [0, 0.05) is 0 Å². The standard InChI is InChI=1S/C7H14.C4H10/c1-2-4-6-7-5-3-1;1-3-4-2/h1-7H2;3-4H2,1-2H3. The average Bonchev–Trinajstić information content (AvgIpc) is 2.35. The van der Waals surface area contributed by atoms with Crippen LogP contribution in [-0.2, 0) is 0 Å². The molecule has 0 aromatic carbocycles. The highest BCUT2D eigenvalue weighted by molar-refractivity contribution is 4.51. The Kier molecular flexibility index (Phi) is 10.0. The van der Waals surface area contributed by atoms with Crippen LogP contribution in [0.4, 0.5) is 0 Å². The van der Waals surface area contributed by atoms with E-state index in [-0.39, 0.29) is 0 Å². The third-order valence-corrected chi connectivity index (χ3v) is 2.25. The van der Waals surface area contributed by atoms with Crippen LogP contribution in [0.3, 0.4) is 0 Å². The van der Waals surface area contributed by atoms with Crippen molar-refractivity contribution in [3.05, 3.63) is 0 Å². The van der Waals surface area contributed by atoms with E-state index in [4.69, 9.17) is 0 Å². The lowest BCUT2D eigenvalue weighted by atomic mass is 10.2. The van der Waals surface area contributed by atoms with Gasteiger partial charge in [-0.3, -0.25) is 0 Å². The molecule has 0 heteroatoms. The molecule has 0 saturated heterocycles. The van der Waals surface area contributed by atoms with Crippen LogP contribution in [0.15, 0.2) is 0 Å². The Morgan fingerprint density at radius 1 is 0.545 bits per heavy atom. The van der Waals surface area contributed by atoms with Crippen molar-refractivity contribution in [3.63, 3.8) is 0 Å². The molecule has 0 heterocycles. The Morgan fingerprint density at radius 2 is 0.727 bits per heavy atom. The van der Waals surface area contributed by atoms with Crippen molar-refractivity contribution in [1.82, 2.24) is 0 Å². The third-order valence-electron chi connectivity index (χ3n) is 2.25. The summed E-state index contributed by atoms with van der Waals surface area (Å²) in [5.74, 6) is 0. The first kappa shape index (κ1) is 11.0. The largest absolute Gasteiger partial charge is 0.0654 e. The first-order chi connectivity index (χ1) is 5.41. The molecule has 11 heavy (non-hydrogen) atoms. The van der Waals surface area contributed by atoms with Crippen LogP contribution in [-0.4, -0.2) is 0 Å². The van der Waals surface area contributed by atoms with E-state index in [1.165, 1.54) is 57.8 Å². The predicted octanol–water partition coefficient (Wildman–Crippen LogP) is 4.54. The Balaban J connectivity index is 0.000000218. The normalized spacial score (nSPS) is 18.0. The fraction of sp³-hybridized carbons (Fsp3) is 1.00. The van der Waals surface area contributed by atoms with Gasteiger partial charge in [-0.15, -0.1) is 0 Å². The minimum Gasteiger partial charge on any atom is -0.0654 e. The van der Waals surface area contributed by atoms with Gasteiger partial charge in [0.15, 0.2) is 0 Å². The second kappa shape index (κ2) is 10.0. The molecule has 0 atom stereocenters. The molecule has 0 nitrogen and oxygen atoms in total. The van der Waals surface area contributed by atoms with Crippen LogP contribution in [0.25, 0.3) is 0 Å². The van der Waals surface area contributed by atoms with Crippen molar-refractivity contribution in [2.75, 3.05) is 0 Å². The average molecular weight is 156 g/mol. The van der Waals surface area contributed by atoms with E-state index in [9.17, 15) is 0 Å². The third kappa shape index (κ3) is 10.0. The second-order valence-electron chi connectivity index (χ2n) is 3.47. The van der Waals surface area contributed by atoms with Crippen molar-refractivity contribution >= 4 is 0 Å². The summed E-state index contributed by atoms with van der Waals surface area (Å²) in [6.45, 7) is 4.36. The van der Waals surface area contributed by atoms with E-state index >= 15 is 0 Å². The SMILES string of the molecule is C1CCCCCC1.CCCC. The molecular formula is C11H24. The molecule has 0 radical (unpaired) electrons. The summed E-state index contributed by atoms with van der Waals surface area (Å²) in [5.41, 5.74) is 0. The monoisotopic (exact) mass is 156 g/mol. The van der Waals surface area contributed by atoms with Gasteiger partial charge in [-0.2, -0.15) is 0 Å².